The van der Waals surface area contributed by atoms with E-state index in [1.165, 1.54) is 6.07 Å². The van der Waals surface area contributed by atoms with E-state index in [0.29, 0.717) is 5.41 Å². The molecule has 0 bridgehead atoms. The highest BCUT2D eigenvalue weighted by Gasteiger charge is 2.13. The molecule has 0 heterocycles. The number of hydrogen-bond acceptors (Lipinski definition) is 3. The highest BCUT2D eigenvalue weighted by molar-refractivity contribution is 5.35. The topological polar surface area (TPSA) is 55.2 Å². The van der Waals surface area contributed by atoms with E-state index < -0.39 is 0 Å². The number of nitrogens with zero attached hydrogens (tertiary/aromatic N) is 1. The molecule has 0 spiro atoms. The number of rotatable bonds is 5. The van der Waals surface area contributed by atoms with Gasteiger partial charge in [-0.05, 0) is 30.9 Å². The number of hydrogen-bond donors (Lipinski definition) is 1. The van der Waals surface area contributed by atoms with Crippen LogP contribution in [0.15, 0.2) is 24.3 Å². The maximum atomic E-state index is 10.7. The van der Waals surface area contributed by atoms with Crippen LogP contribution < -0.4 is 5.32 Å². The molecule has 18 heavy (non-hydrogen) atoms. The lowest BCUT2D eigenvalue weighted by atomic mass is 9.92. The second-order valence-corrected chi connectivity index (χ2v) is 5.84. The summed E-state index contributed by atoms with van der Waals surface area (Å²) in [5.74, 6) is 0. The third-order valence-electron chi connectivity index (χ3n) is 2.91. The third kappa shape index (κ3) is 4.84. The van der Waals surface area contributed by atoms with Crippen molar-refractivity contribution < 1.29 is 4.92 Å². The summed E-state index contributed by atoms with van der Waals surface area (Å²) >= 11 is 0. The van der Waals surface area contributed by atoms with Gasteiger partial charge in [-0.3, -0.25) is 10.1 Å². The fourth-order valence-electron chi connectivity index (χ4n) is 1.69. The normalized spacial score (nSPS) is 13.3. The lowest BCUT2D eigenvalue weighted by molar-refractivity contribution is -0.384. The predicted molar refractivity (Wildman–Crippen MR) is 73.6 cm³/mol. The standard InChI is InChI=1S/C14H22N2O2/c1-11(15-9-8-14(2,3)4)12-6-5-7-13(10-12)16(17)18/h5-7,10-11,15H,8-9H2,1-4H3. The SMILES string of the molecule is CC(NCCC(C)(C)C)c1cccc([N+](=O)[O-])c1. The second-order valence-electron chi connectivity index (χ2n) is 5.84. The van der Waals surface area contributed by atoms with Crippen molar-refractivity contribution in [3.8, 4) is 0 Å². The van der Waals surface area contributed by atoms with Crippen LogP contribution in [0.3, 0.4) is 0 Å². The van der Waals surface area contributed by atoms with Gasteiger partial charge in [0.15, 0.2) is 0 Å². The van der Waals surface area contributed by atoms with Crippen LogP contribution in [-0.2, 0) is 0 Å². The Morgan fingerprint density at radius 2 is 2.06 bits per heavy atom. The number of nitro groups is 1. The van der Waals surface area contributed by atoms with Crippen LogP contribution in [0.4, 0.5) is 5.69 Å². The quantitative estimate of drug-likeness (QED) is 0.640. The van der Waals surface area contributed by atoms with Crippen LogP contribution in [0.25, 0.3) is 0 Å². The summed E-state index contributed by atoms with van der Waals surface area (Å²) in [5.41, 5.74) is 1.41. The van der Waals surface area contributed by atoms with E-state index in [9.17, 15) is 10.1 Å². The smallest absolute Gasteiger partial charge is 0.269 e. The van der Waals surface area contributed by atoms with Crippen LogP contribution in [0.1, 0.15) is 45.7 Å². The zero-order valence-electron chi connectivity index (χ0n) is 11.6. The van der Waals surface area contributed by atoms with Gasteiger partial charge in [-0.15, -0.1) is 0 Å². The van der Waals surface area contributed by atoms with Gasteiger partial charge in [0.1, 0.15) is 0 Å². The highest BCUT2D eigenvalue weighted by Crippen LogP contribution is 2.21. The van der Waals surface area contributed by atoms with Crippen molar-refractivity contribution in [3.63, 3.8) is 0 Å². The van der Waals surface area contributed by atoms with E-state index in [1.54, 1.807) is 12.1 Å². The van der Waals surface area contributed by atoms with E-state index in [4.69, 9.17) is 0 Å². The fourth-order valence-corrected chi connectivity index (χ4v) is 1.69. The van der Waals surface area contributed by atoms with Gasteiger partial charge in [0.05, 0.1) is 4.92 Å². The molecular formula is C14H22N2O2. The first-order valence-electron chi connectivity index (χ1n) is 6.27. The average molecular weight is 250 g/mol. The second kappa shape index (κ2) is 5.96. The van der Waals surface area contributed by atoms with Gasteiger partial charge < -0.3 is 5.32 Å². The molecule has 0 aliphatic carbocycles. The molecule has 1 aromatic carbocycles. The maximum Gasteiger partial charge on any atom is 0.269 e. The van der Waals surface area contributed by atoms with Crippen molar-refractivity contribution in [2.75, 3.05) is 6.54 Å². The summed E-state index contributed by atoms with van der Waals surface area (Å²) in [6.07, 6.45) is 1.08. The van der Waals surface area contributed by atoms with Crippen molar-refractivity contribution in [2.24, 2.45) is 5.41 Å². The van der Waals surface area contributed by atoms with E-state index >= 15 is 0 Å². The third-order valence-corrected chi connectivity index (χ3v) is 2.91. The first-order chi connectivity index (χ1) is 8.29. The van der Waals surface area contributed by atoms with Gasteiger partial charge in [-0.1, -0.05) is 32.9 Å². The summed E-state index contributed by atoms with van der Waals surface area (Å²) < 4.78 is 0. The van der Waals surface area contributed by atoms with Gasteiger partial charge in [0.2, 0.25) is 0 Å². The van der Waals surface area contributed by atoms with Gasteiger partial charge in [-0.25, -0.2) is 0 Å². The number of benzene rings is 1. The molecule has 4 nitrogen and oxygen atoms in total. The summed E-state index contributed by atoms with van der Waals surface area (Å²) in [5, 5.41) is 14.1. The number of nitro benzene ring substituents is 1. The Morgan fingerprint density at radius 1 is 1.39 bits per heavy atom. The van der Waals surface area contributed by atoms with E-state index in [0.717, 1.165) is 18.5 Å². The Bertz CT molecular complexity index is 411. The molecule has 1 unspecified atom stereocenters. The van der Waals surface area contributed by atoms with E-state index in [2.05, 4.69) is 26.1 Å². The zero-order valence-corrected chi connectivity index (χ0v) is 11.6. The molecule has 0 saturated heterocycles. The monoisotopic (exact) mass is 250 g/mol. The van der Waals surface area contributed by atoms with Crippen LogP contribution in [-0.4, -0.2) is 11.5 Å². The van der Waals surface area contributed by atoms with Crippen molar-refractivity contribution in [1.82, 2.24) is 5.32 Å². The zero-order chi connectivity index (χ0) is 13.8. The Morgan fingerprint density at radius 3 is 2.61 bits per heavy atom. The molecule has 0 amide bonds. The summed E-state index contributed by atoms with van der Waals surface area (Å²) in [6, 6.07) is 6.93. The van der Waals surface area contributed by atoms with Crippen LogP contribution >= 0.6 is 0 Å². The van der Waals surface area contributed by atoms with E-state index in [-0.39, 0.29) is 16.7 Å². The molecule has 1 atom stereocenters. The largest absolute Gasteiger partial charge is 0.310 e. The molecule has 0 aromatic heterocycles. The lowest BCUT2D eigenvalue weighted by Crippen LogP contribution is -2.23. The van der Waals surface area contributed by atoms with Gasteiger partial charge in [0, 0.05) is 18.2 Å². The molecule has 0 saturated carbocycles. The summed E-state index contributed by atoms with van der Waals surface area (Å²) in [4.78, 5) is 10.4. The summed E-state index contributed by atoms with van der Waals surface area (Å²) in [7, 11) is 0. The molecule has 1 aromatic rings. The van der Waals surface area contributed by atoms with Gasteiger partial charge in [0.25, 0.3) is 5.69 Å². The van der Waals surface area contributed by atoms with E-state index in [1.807, 2.05) is 13.0 Å². The Kier molecular flexibility index (Phi) is 4.84. The minimum Gasteiger partial charge on any atom is -0.310 e. The van der Waals surface area contributed by atoms with Crippen molar-refractivity contribution in [1.29, 1.82) is 0 Å². The Hall–Kier alpha value is -1.42. The number of non-ortho nitro benzene ring substituents is 1. The molecule has 4 heteroatoms. The molecule has 0 aliphatic heterocycles. The predicted octanol–water partition coefficient (Wildman–Crippen LogP) is 3.68. The molecule has 0 aliphatic rings. The molecule has 0 radical (unpaired) electrons. The molecule has 1 rings (SSSR count). The molecule has 0 fully saturated rings. The summed E-state index contributed by atoms with van der Waals surface area (Å²) in [6.45, 7) is 9.54. The number of nitrogens with one attached hydrogen (secondary N) is 1. The Balaban J connectivity index is 2.59. The molecular weight excluding hydrogens is 228 g/mol. The fraction of sp³-hybridized carbons (Fsp3) is 0.571. The average Bonchev–Trinajstić information content (AvgIpc) is 2.27. The first-order valence-corrected chi connectivity index (χ1v) is 6.27. The highest BCUT2D eigenvalue weighted by atomic mass is 16.6. The lowest BCUT2D eigenvalue weighted by Gasteiger charge is -2.20. The van der Waals surface area contributed by atoms with Crippen molar-refractivity contribution in [3.05, 3.63) is 39.9 Å². The van der Waals surface area contributed by atoms with Crippen molar-refractivity contribution in [2.45, 2.75) is 40.2 Å². The van der Waals surface area contributed by atoms with Crippen LogP contribution in [0.2, 0.25) is 0 Å². The maximum absolute atomic E-state index is 10.7. The minimum atomic E-state index is -0.356. The van der Waals surface area contributed by atoms with Crippen molar-refractivity contribution >= 4 is 5.69 Å². The van der Waals surface area contributed by atoms with Gasteiger partial charge >= 0.3 is 0 Å². The van der Waals surface area contributed by atoms with Gasteiger partial charge in [-0.2, -0.15) is 0 Å². The van der Waals surface area contributed by atoms with Crippen LogP contribution in [0, 0.1) is 15.5 Å². The molecule has 1 N–H and O–H groups in total. The minimum absolute atomic E-state index is 0.132. The first kappa shape index (κ1) is 14.6. The molecule has 100 valence electrons. The van der Waals surface area contributed by atoms with Crippen LogP contribution in [0.5, 0.6) is 0 Å². The Labute approximate surface area is 109 Å².